The summed E-state index contributed by atoms with van der Waals surface area (Å²) in [6, 6.07) is 17.5. The second kappa shape index (κ2) is 6.45. The topological polar surface area (TPSA) is 65.5 Å². The van der Waals surface area contributed by atoms with E-state index >= 15 is 0 Å². The van der Waals surface area contributed by atoms with Crippen molar-refractivity contribution in [3.63, 3.8) is 0 Å². The van der Waals surface area contributed by atoms with Gasteiger partial charge in [0.15, 0.2) is 5.76 Å². The summed E-state index contributed by atoms with van der Waals surface area (Å²) in [5, 5.41) is 5.42. The molecule has 0 saturated carbocycles. The van der Waals surface area contributed by atoms with E-state index in [0.717, 1.165) is 10.9 Å². The molecule has 0 saturated heterocycles. The van der Waals surface area contributed by atoms with Gasteiger partial charge >= 0.3 is 5.63 Å². The molecule has 4 rings (SSSR count). The summed E-state index contributed by atoms with van der Waals surface area (Å²) in [4.78, 5) is 11.2. The molecule has 0 atom stereocenters. The normalized spacial score (nSPS) is 10.9. The molecule has 5 nitrogen and oxygen atoms in total. The largest absolute Gasteiger partial charge is 0.486 e. The molecular formula is C19H12ClNO4. The molecule has 0 spiro atoms. The van der Waals surface area contributed by atoms with Gasteiger partial charge in [0.1, 0.15) is 23.6 Å². The maximum absolute atomic E-state index is 11.2. The Kier molecular flexibility index (Phi) is 3.99. The van der Waals surface area contributed by atoms with Crippen molar-refractivity contribution in [2.45, 2.75) is 6.61 Å². The Hall–Kier alpha value is -3.05. The predicted molar refractivity (Wildman–Crippen MR) is 93.8 cm³/mol. The summed E-state index contributed by atoms with van der Waals surface area (Å²) in [7, 11) is 0. The second-order valence-corrected chi connectivity index (χ2v) is 5.81. The third-order valence-electron chi connectivity index (χ3n) is 3.68. The lowest BCUT2D eigenvalue weighted by Crippen LogP contribution is -1.96. The third kappa shape index (κ3) is 3.27. The fourth-order valence-electron chi connectivity index (χ4n) is 2.47. The molecule has 2 aromatic carbocycles. The average Bonchev–Trinajstić information content (AvgIpc) is 3.09. The number of nitrogens with zero attached hydrogens (tertiary/aromatic N) is 1. The summed E-state index contributed by atoms with van der Waals surface area (Å²) >= 11 is 6.16. The standard InChI is InChI=1S/C19H12ClNO4/c20-16-4-2-1-3-15(16)17-10-14(25-21-17)11-23-13-6-7-18-12(9-13)5-8-19(22)24-18/h1-10H,11H2. The van der Waals surface area contributed by atoms with Crippen LogP contribution in [0.15, 0.2) is 74.4 Å². The zero-order chi connectivity index (χ0) is 17.2. The van der Waals surface area contributed by atoms with Crippen molar-refractivity contribution in [2.75, 3.05) is 0 Å². The minimum absolute atomic E-state index is 0.222. The molecule has 6 heteroatoms. The quantitative estimate of drug-likeness (QED) is 0.498. The number of ether oxygens (including phenoxy) is 1. The lowest BCUT2D eigenvalue weighted by Gasteiger charge is -2.04. The Balaban J connectivity index is 1.51. The molecule has 0 fully saturated rings. The first-order valence-corrected chi connectivity index (χ1v) is 7.94. The Morgan fingerprint density at radius 1 is 1.04 bits per heavy atom. The maximum atomic E-state index is 11.2. The molecule has 0 aliphatic rings. The highest BCUT2D eigenvalue weighted by Gasteiger charge is 2.10. The highest BCUT2D eigenvalue weighted by Crippen LogP contribution is 2.27. The molecule has 2 aromatic heterocycles. The molecule has 0 aliphatic heterocycles. The molecule has 4 aromatic rings. The Morgan fingerprint density at radius 3 is 2.80 bits per heavy atom. The first-order chi connectivity index (χ1) is 12.2. The molecule has 0 unspecified atom stereocenters. The summed E-state index contributed by atoms with van der Waals surface area (Å²) in [5.41, 5.74) is 1.60. The highest BCUT2D eigenvalue weighted by molar-refractivity contribution is 6.33. The molecule has 0 bridgehead atoms. The van der Waals surface area contributed by atoms with E-state index < -0.39 is 0 Å². The van der Waals surface area contributed by atoms with Gasteiger partial charge in [-0.25, -0.2) is 4.79 Å². The molecule has 0 aliphatic carbocycles. The van der Waals surface area contributed by atoms with Crippen LogP contribution in [0, 0.1) is 0 Å². The molecule has 2 heterocycles. The van der Waals surface area contributed by atoms with Gasteiger partial charge in [-0.05, 0) is 30.3 Å². The van der Waals surface area contributed by atoms with Crippen molar-refractivity contribution in [3.05, 3.63) is 81.9 Å². The van der Waals surface area contributed by atoms with Crippen LogP contribution < -0.4 is 10.4 Å². The van der Waals surface area contributed by atoms with E-state index in [9.17, 15) is 4.79 Å². The molecule has 124 valence electrons. The van der Waals surface area contributed by atoms with Crippen LogP contribution >= 0.6 is 11.6 Å². The van der Waals surface area contributed by atoms with Gasteiger partial charge in [0.05, 0.1) is 5.02 Å². The van der Waals surface area contributed by atoms with Gasteiger partial charge in [0, 0.05) is 23.1 Å². The van der Waals surface area contributed by atoms with E-state index in [4.69, 9.17) is 25.3 Å². The van der Waals surface area contributed by atoms with Gasteiger partial charge in [0.25, 0.3) is 0 Å². The van der Waals surface area contributed by atoms with Gasteiger partial charge in [-0.3, -0.25) is 0 Å². The van der Waals surface area contributed by atoms with Crippen molar-refractivity contribution in [2.24, 2.45) is 0 Å². The van der Waals surface area contributed by atoms with E-state index in [2.05, 4.69) is 5.16 Å². The smallest absolute Gasteiger partial charge is 0.336 e. The van der Waals surface area contributed by atoms with E-state index in [0.29, 0.717) is 27.8 Å². The summed E-state index contributed by atoms with van der Waals surface area (Å²) in [5.74, 6) is 1.21. The number of hydrogen-bond acceptors (Lipinski definition) is 5. The molecular weight excluding hydrogens is 342 g/mol. The van der Waals surface area contributed by atoms with Crippen LogP contribution in [-0.4, -0.2) is 5.16 Å². The molecule has 0 amide bonds. The summed E-state index contributed by atoms with van der Waals surface area (Å²) < 4.78 is 16.1. The monoisotopic (exact) mass is 353 g/mol. The number of aromatic nitrogens is 1. The van der Waals surface area contributed by atoms with Gasteiger partial charge < -0.3 is 13.7 Å². The van der Waals surface area contributed by atoms with E-state index in [1.165, 1.54) is 6.07 Å². The predicted octanol–water partition coefficient (Wildman–Crippen LogP) is 4.68. The van der Waals surface area contributed by atoms with Crippen molar-refractivity contribution in [1.82, 2.24) is 5.16 Å². The van der Waals surface area contributed by atoms with E-state index in [1.54, 1.807) is 36.4 Å². The number of fused-ring (bicyclic) bond motifs is 1. The number of rotatable bonds is 4. The fourth-order valence-corrected chi connectivity index (χ4v) is 2.70. The number of hydrogen-bond donors (Lipinski definition) is 0. The lowest BCUT2D eigenvalue weighted by molar-refractivity contribution is 0.250. The molecule has 0 radical (unpaired) electrons. The highest BCUT2D eigenvalue weighted by atomic mass is 35.5. The first kappa shape index (κ1) is 15.5. The maximum Gasteiger partial charge on any atom is 0.336 e. The minimum Gasteiger partial charge on any atom is -0.486 e. The van der Waals surface area contributed by atoms with E-state index in [1.807, 2.05) is 18.2 Å². The fraction of sp³-hybridized carbons (Fsp3) is 0.0526. The van der Waals surface area contributed by atoms with E-state index in [-0.39, 0.29) is 12.2 Å². The molecule has 25 heavy (non-hydrogen) atoms. The van der Waals surface area contributed by atoms with Crippen molar-refractivity contribution >= 4 is 22.6 Å². The zero-order valence-corrected chi connectivity index (χ0v) is 13.7. The van der Waals surface area contributed by atoms with Crippen LogP contribution in [-0.2, 0) is 6.61 Å². The van der Waals surface area contributed by atoms with Crippen LogP contribution in [0.1, 0.15) is 5.76 Å². The zero-order valence-electron chi connectivity index (χ0n) is 12.9. The Labute approximate surface area is 147 Å². The van der Waals surface area contributed by atoms with Gasteiger partial charge in [-0.1, -0.05) is 35.0 Å². The minimum atomic E-state index is -0.380. The summed E-state index contributed by atoms with van der Waals surface area (Å²) in [6.45, 7) is 0.222. The first-order valence-electron chi connectivity index (χ1n) is 7.56. The van der Waals surface area contributed by atoms with Crippen LogP contribution in [0.2, 0.25) is 5.02 Å². The lowest BCUT2D eigenvalue weighted by atomic mass is 10.1. The summed E-state index contributed by atoms with van der Waals surface area (Å²) in [6.07, 6.45) is 0. The number of benzene rings is 2. The van der Waals surface area contributed by atoms with Gasteiger partial charge in [-0.2, -0.15) is 0 Å². The van der Waals surface area contributed by atoms with Crippen molar-refractivity contribution in [3.8, 4) is 17.0 Å². The van der Waals surface area contributed by atoms with Crippen molar-refractivity contribution in [1.29, 1.82) is 0 Å². The van der Waals surface area contributed by atoms with Crippen LogP contribution in [0.4, 0.5) is 0 Å². The third-order valence-corrected chi connectivity index (χ3v) is 4.01. The van der Waals surface area contributed by atoms with Gasteiger partial charge in [-0.15, -0.1) is 0 Å². The number of halogens is 1. The van der Waals surface area contributed by atoms with Crippen LogP contribution in [0.5, 0.6) is 5.75 Å². The molecule has 0 N–H and O–H groups in total. The van der Waals surface area contributed by atoms with Crippen LogP contribution in [0.25, 0.3) is 22.2 Å². The Bertz CT molecular complexity index is 1100. The Morgan fingerprint density at radius 2 is 1.92 bits per heavy atom. The SMILES string of the molecule is O=c1ccc2cc(OCc3cc(-c4ccccc4Cl)no3)ccc2o1. The van der Waals surface area contributed by atoms with Gasteiger partial charge in [0.2, 0.25) is 0 Å². The second-order valence-electron chi connectivity index (χ2n) is 5.40. The average molecular weight is 354 g/mol. The van der Waals surface area contributed by atoms with Crippen molar-refractivity contribution < 1.29 is 13.7 Å². The van der Waals surface area contributed by atoms with Crippen LogP contribution in [0.3, 0.4) is 0 Å².